The predicted octanol–water partition coefficient (Wildman–Crippen LogP) is 3.52. The third-order valence-corrected chi connectivity index (χ3v) is 6.95. The summed E-state index contributed by atoms with van der Waals surface area (Å²) in [5.41, 5.74) is 0.329. The van der Waals surface area contributed by atoms with Crippen LogP contribution in [0.1, 0.15) is 27.6 Å². The Bertz CT molecular complexity index is 1260. The second-order valence-corrected chi connectivity index (χ2v) is 9.33. The quantitative estimate of drug-likeness (QED) is 0.441. The Labute approximate surface area is 194 Å². The maximum absolute atomic E-state index is 12.5. The van der Waals surface area contributed by atoms with Crippen molar-refractivity contribution < 1.29 is 32.3 Å². The first-order chi connectivity index (χ1) is 15.8. The van der Waals surface area contributed by atoms with Gasteiger partial charge >= 0.3 is 11.9 Å². The zero-order valence-electron chi connectivity index (χ0n) is 17.4. The van der Waals surface area contributed by atoms with Gasteiger partial charge in [0.2, 0.25) is 0 Å². The molecular weight excluding hydrogens is 468 g/mol. The number of sulfonamides is 1. The Morgan fingerprint density at radius 3 is 2.09 bits per heavy atom. The van der Waals surface area contributed by atoms with E-state index < -0.39 is 34.5 Å². The molecule has 0 radical (unpaired) electrons. The molecule has 11 heteroatoms. The lowest BCUT2D eigenvalue weighted by Gasteiger charge is -2.12. The molecule has 3 aromatic rings. The average molecular weight is 489 g/mol. The van der Waals surface area contributed by atoms with Gasteiger partial charge in [-0.3, -0.25) is 9.52 Å². The third-order valence-electron chi connectivity index (χ3n) is 4.18. The second-order valence-electron chi connectivity index (χ2n) is 6.47. The molecule has 2 N–H and O–H groups in total. The Kier molecular flexibility index (Phi) is 7.80. The van der Waals surface area contributed by atoms with Gasteiger partial charge in [-0.2, -0.15) is 0 Å². The highest BCUT2D eigenvalue weighted by atomic mass is 32.2. The van der Waals surface area contributed by atoms with Crippen LogP contribution in [-0.4, -0.2) is 39.5 Å². The van der Waals surface area contributed by atoms with Crippen molar-refractivity contribution in [2.45, 2.75) is 11.1 Å². The first-order valence-corrected chi connectivity index (χ1v) is 12.1. The van der Waals surface area contributed by atoms with Crippen LogP contribution >= 0.6 is 11.3 Å². The number of nitrogens with one attached hydrogen (secondary N) is 2. The van der Waals surface area contributed by atoms with Crippen molar-refractivity contribution in [3.63, 3.8) is 0 Å². The van der Waals surface area contributed by atoms with E-state index in [-0.39, 0.29) is 33.3 Å². The molecule has 0 saturated carbocycles. The highest BCUT2D eigenvalue weighted by molar-refractivity contribution is 7.94. The summed E-state index contributed by atoms with van der Waals surface area (Å²) < 4.78 is 37.4. The molecule has 3 rings (SSSR count). The van der Waals surface area contributed by atoms with Crippen molar-refractivity contribution in [2.24, 2.45) is 0 Å². The number of rotatable bonds is 9. The molecule has 0 bridgehead atoms. The van der Waals surface area contributed by atoms with Crippen LogP contribution in [0.5, 0.6) is 0 Å². The van der Waals surface area contributed by atoms with Crippen molar-refractivity contribution >= 4 is 50.6 Å². The summed E-state index contributed by atoms with van der Waals surface area (Å²) >= 11 is 1.03. The van der Waals surface area contributed by atoms with E-state index in [1.54, 1.807) is 36.6 Å². The van der Waals surface area contributed by atoms with Crippen LogP contribution in [0.25, 0.3) is 0 Å². The molecule has 33 heavy (non-hydrogen) atoms. The van der Waals surface area contributed by atoms with Gasteiger partial charge < -0.3 is 14.8 Å². The fourth-order valence-corrected chi connectivity index (χ4v) is 4.81. The van der Waals surface area contributed by atoms with Crippen molar-refractivity contribution in [1.29, 1.82) is 0 Å². The van der Waals surface area contributed by atoms with Crippen molar-refractivity contribution in [3.8, 4) is 0 Å². The number of esters is 2. The summed E-state index contributed by atoms with van der Waals surface area (Å²) in [5.74, 6) is -2.18. The van der Waals surface area contributed by atoms with Crippen molar-refractivity contribution in [3.05, 3.63) is 77.2 Å². The molecule has 1 heterocycles. The second kappa shape index (κ2) is 10.7. The summed E-state index contributed by atoms with van der Waals surface area (Å²) in [6.07, 6.45) is 0. The highest BCUT2D eigenvalue weighted by Crippen LogP contribution is 2.23. The number of benzene rings is 2. The molecule has 0 aliphatic heterocycles. The van der Waals surface area contributed by atoms with E-state index >= 15 is 0 Å². The standard InChI is InChI=1S/C22H20N2O7S2/c1-2-30-21(26)15-8-3-5-10-17(15)23-19(25)14-31-22(27)16-9-4-6-11-18(16)24-33(28,29)20-12-7-13-32-20/h3-13,24H,2,14H2,1H3,(H,23,25). The largest absolute Gasteiger partial charge is 0.462 e. The summed E-state index contributed by atoms with van der Waals surface area (Å²) in [7, 11) is -3.88. The number of amides is 1. The minimum absolute atomic E-state index is 0.0176. The average Bonchev–Trinajstić information content (AvgIpc) is 3.34. The van der Waals surface area contributed by atoms with E-state index in [4.69, 9.17) is 9.47 Å². The van der Waals surface area contributed by atoms with Gasteiger partial charge in [0, 0.05) is 0 Å². The predicted molar refractivity (Wildman–Crippen MR) is 123 cm³/mol. The van der Waals surface area contributed by atoms with Crippen LogP contribution in [0.15, 0.2) is 70.3 Å². The number of para-hydroxylation sites is 2. The molecule has 0 saturated heterocycles. The molecule has 9 nitrogen and oxygen atoms in total. The number of hydrogen-bond donors (Lipinski definition) is 2. The van der Waals surface area contributed by atoms with E-state index in [2.05, 4.69) is 10.0 Å². The highest BCUT2D eigenvalue weighted by Gasteiger charge is 2.21. The SMILES string of the molecule is CCOC(=O)c1ccccc1NC(=O)COC(=O)c1ccccc1NS(=O)(=O)c1cccs1. The molecule has 0 unspecified atom stereocenters. The smallest absolute Gasteiger partial charge is 0.340 e. The minimum Gasteiger partial charge on any atom is -0.462 e. The molecule has 2 aromatic carbocycles. The Balaban J connectivity index is 1.67. The summed E-state index contributed by atoms with van der Waals surface area (Å²) in [5, 5.41) is 4.12. The molecule has 0 aliphatic rings. The number of carbonyl (C=O) groups is 3. The van der Waals surface area contributed by atoms with Crippen LogP contribution in [0.2, 0.25) is 0 Å². The zero-order valence-corrected chi connectivity index (χ0v) is 19.1. The molecule has 0 spiro atoms. The zero-order chi connectivity index (χ0) is 23.8. The first-order valence-electron chi connectivity index (χ1n) is 9.70. The van der Waals surface area contributed by atoms with Gasteiger partial charge in [-0.15, -0.1) is 11.3 Å². The number of anilines is 2. The number of carbonyl (C=O) groups excluding carboxylic acids is 3. The van der Waals surface area contributed by atoms with E-state index in [0.717, 1.165) is 11.3 Å². The monoisotopic (exact) mass is 488 g/mol. The lowest BCUT2D eigenvalue weighted by molar-refractivity contribution is -0.119. The Morgan fingerprint density at radius 1 is 0.848 bits per heavy atom. The van der Waals surface area contributed by atoms with E-state index in [9.17, 15) is 22.8 Å². The fraction of sp³-hybridized carbons (Fsp3) is 0.136. The van der Waals surface area contributed by atoms with Gasteiger partial charge in [-0.25, -0.2) is 18.0 Å². The summed E-state index contributed by atoms with van der Waals surface area (Å²) in [6, 6.07) is 15.2. The minimum atomic E-state index is -3.88. The van der Waals surface area contributed by atoms with Crippen LogP contribution in [0, 0.1) is 0 Å². The Hall–Kier alpha value is -3.70. The molecule has 0 aliphatic carbocycles. The van der Waals surface area contributed by atoms with Gasteiger partial charge in [-0.05, 0) is 42.6 Å². The van der Waals surface area contributed by atoms with Gasteiger partial charge in [0.05, 0.1) is 29.1 Å². The van der Waals surface area contributed by atoms with Gasteiger partial charge in [0.25, 0.3) is 15.9 Å². The maximum Gasteiger partial charge on any atom is 0.340 e. The number of ether oxygens (including phenoxy) is 2. The van der Waals surface area contributed by atoms with Gasteiger partial charge in [0.15, 0.2) is 6.61 Å². The van der Waals surface area contributed by atoms with Crippen LogP contribution in [-0.2, 0) is 24.3 Å². The third kappa shape index (κ3) is 6.18. The molecule has 172 valence electrons. The summed E-state index contributed by atoms with van der Waals surface area (Å²) in [4.78, 5) is 36.9. The van der Waals surface area contributed by atoms with E-state index in [1.165, 1.54) is 36.4 Å². The summed E-state index contributed by atoms with van der Waals surface area (Å²) in [6.45, 7) is 1.19. The lowest BCUT2D eigenvalue weighted by atomic mass is 10.2. The maximum atomic E-state index is 12.5. The van der Waals surface area contributed by atoms with Crippen LogP contribution < -0.4 is 10.0 Å². The topological polar surface area (TPSA) is 128 Å². The van der Waals surface area contributed by atoms with Gasteiger partial charge in [-0.1, -0.05) is 30.3 Å². The van der Waals surface area contributed by atoms with Crippen LogP contribution in [0.3, 0.4) is 0 Å². The van der Waals surface area contributed by atoms with Crippen LogP contribution in [0.4, 0.5) is 11.4 Å². The lowest BCUT2D eigenvalue weighted by Crippen LogP contribution is -2.23. The number of hydrogen-bond acceptors (Lipinski definition) is 8. The van der Waals surface area contributed by atoms with E-state index in [0.29, 0.717) is 0 Å². The molecule has 0 fully saturated rings. The van der Waals surface area contributed by atoms with Gasteiger partial charge in [0.1, 0.15) is 4.21 Å². The molecular formula is C22H20N2O7S2. The van der Waals surface area contributed by atoms with Crippen molar-refractivity contribution in [1.82, 2.24) is 0 Å². The first kappa shape index (κ1) is 24.0. The normalized spacial score (nSPS) is 10.8. The molecule has 0 atom stereocenters. The van der Waals surface area contributed by atoms with Crippen molar-refractivity contribution in [2.75, 3.05) is 23.3 Å². The number of thiophene rings is 1. The van der Waals surface area contributed by atoms with E-state index in [1.807, 2.05) is 0 Å². The molecule has 1 amide bonds. The fourth-order valence-electron chi connectivity index (χ4n) is 2.74. The molecule has 1 aromatic heterocycles. The Morgan fingerprint density at radius 2 is 1.45 bits per heavy atom.